The second-order valence-corrected chi connectivity index (χ2v) is 4.72. The maximum atomic E-state index is 12.5. The number of hydrogen-bond donors (Lipinski definition) is 2. The fraction of sp³-hybridized carbons (Fsp3) is 0.818. The van der Waals surface area contributed by atoms with E-state index < -0.39 is 11.9 Å². The van der Waals surface area contributed by atoms with Gasteiger partial charge in [0.15, 0.2) is 0 Å². The Kier molecular flexibility index (Phi) is 4.86. The van der Waals surface area contributed by atoms with Crippen molar-refractivity contribution in [3.8, 4) is 0 Å². The maximum absolute atomic E-state index is 12.5. The quantitative estimate of drug-likeness (QED) is 0.764. The van der Waals surface area contributed by atoms with Gasteiger partial charge in [-0.3, -0.25) is 4.79 Å². The smallest absolute Gasteiger partial charge is 0.317 e. The lowest BCUT2D eigenvalue weighted by Gasteiger charge is -2.35. The van der Waals surface area contributed by atoms with Crippen LogP contribution in [0.1, 0.15) is 25.7 Å². The number of urea groups is 1. The average molecular weight is 264 g/mol. The van der Waals surface area contributed by atoms with Gasteiger partial charge < -0.3 is 15.3 Å². The molecule has 1 rings (SSSR count). The summed E-state index contributed by atoms with van der Waals surface area (Å²) < 4.78 is 25.1. The molecule has 1 aliphatic rings. The van der Waals surface area contributed by atoms with E-state index >= 15 is 0 Å². The second kappa shape index (κ2) is 5.97. The molecule has 2 N–H and O–H groups in total. The number of nitrogens with one attached hydrogen (secondary N) is 1. The van der Waals surface area contributed by atoms with Crippen molar-refractivity contribution in [3.05, 3.63) is 0 Å². The first-order valence-corrected chi connectivity index (χ1v) is 5.89. The normalized spacial score (nSPS) is 17.9. The zero-order valence-electron chi connectivity index (χ0n) is 10.3. The summed E-state index contributed by atoms with van der Waals surface area (Å²) in [5, 5.41) is 11.0. The van der Waals surface area contributed by atoms with Gasteiger partial charge in [0.2, 0.25) is 5.92 Å². The fourth-order valence-corrected chi connectivity index (χ4v) is 1.87. The van der Waals surface area contributed by atoms with Crippen molar-refractivity contribution in [3.63, 3.8) is 0 Å². The summed E-state index contributed by atoms with van der Waals surface area (Å²) in [7, 11) is 1.50. The molecule has 0 bridgehead atoms. The maximum Gasteiger partial charge on any atom is 0.317 e. The van der Waals surface area contributed by atoms with Gasteiger partial charge in [0, 0.05) is 33.0 Å². The lowest BCUT2D eigenvalue weighted by atomic mass is 9.79. The van der Waals surface area contributed by atoms with Crippen LogP contribution in [0.15, 0.2) is 0 Å². The summed E-state index contributed by atoms with van der Waals surface area (Å²) in [4.78, 5) is 23.0. The van der Waals surface area contributed by atoms with Crippen molar-refractivity contribution < 1.29 is 23.5 Å². The molecular weight excluding hydrogens is 246 g/mol. The van der Waals surface area contributed by atoms with Gasteiger partial charge in [-0.25, -0.2) is 13.6 Å². The first kappa shape index (κ1) is 14.7. The Morgan fingerprint density at radius 3 is 2.56 bits per heavy atom. The van der Waals surface area contributed by atoms with E-state index in [0.717, 1.165) is 0 Å². The molecule has 0 unspecified atom stereocenters. The Morgan fingerprint density at radius 1 is 1.44 bits per heavy atom. The number of rotatable bonds is 6. The molecule has 0 saturated heterocycles. The second-order valence-electron chi connectivity index (χ2n) is 4.72. The highest BCUT2D eigenvalue weighted by molar-refractivity contribution is 5.74. The molecule has 104 valence electrons. The largest absolute Gasteiger partial charge is 0.481 e. The van der Waals surface area contributed by atoms with Crippen LogP contribution in [0.25, 0.3) is 0 Å². The standard InChI is InChI=1S/C11H18F2N2O3/c1-15(5-3-9(16)17)10(18)14-4-2-8-6-11(12,13)7-8/h8H,2-7H2,1H3,(H,14,18)(H,16,17). The monoisotopic (exact) mass is 264 g/mol. The predicted octanol–water partition coefficient (Wildman–Crippen LogP) is 1.54. The molecule has 0 spiro atoms. The van der Waals surface area contributed by atoms with Gasteiger partial charge in [0.1, 0.15) is 0 Å². The molecule has 1 aliphatic carbocycles. The zero-order valence-corrected chi connectivity index (χ0v) is 10.3. The van der Waals surface area contributed by atoms with Crippen molar-refractivity contribution in [2.75, 3.05) is 20.1 Å². The van der Waals surface area contributed by atoms with Crippen LogP contribution in [0.2, 0.25) is 0 Å². The van der Waals surface area contributed by atoms with Gasteiger partial charge in [-0.05, 0) is 12.3 Å². The molecule has 0 aromatic heterocycles. The van der Waals surface area contributed by atoms with Crippen LogP contribution in [-0.2, 0) is 4.79 Å². The van der Waals surface area contributed by atoms with Crippen molar-refractivity contribution in [1.29, 1.82) is 0 Å². The Balaban J connectivity index is 2.08. The number of aliphatic carboxylic acids is 1. The van der Waals surface area contributed by atoms with E-state index in [2.05, 4.69) is 5.32 Å². The Bertz CT molecular complexity index is 315. The third kappa shape index (κ3) is 4.85. The number of carboxylic acids is 1. The van der Waals surface area contributed by atoms with Gasteiger partial charge in [-0.1, -0.05) is 0 Å². The van der Waals surface area contributed by atoms with E-state index in [1.165, 1.54) is 11.9 Å². The third-order valence-corrected chi connectivity index (χ3v) is 3.01. The SMILES string of the molecule is CN(CCC(=O)O)C(=O)NCCC1CC(F)(F)C1. The highest BCUT2D eigenvalue weighted by Gasteiger charge is 2.44. The lowest BCUT2D eigenvalue weighted by Crippen LogP contribution is -2.41. The first-order valence-electron chi connectivity index (χ1n) is 5.89. The van der Waals surface area contributed by atoms with Crippen molar-refractivity contribution in [1.82, 2.24) is 10.2 Å². The van der Waals surface area contributed by atoms with Crippen molar-refractivity contribution >= 4 is 12.0 Å². The first-order chi connectivity index (χ1) is 8.30. The fourth-order valence-electron chi connectivity index (χ4n) is 1.87. The zero-order chi connectivity index (χ0) is 13.8. The molecule has 0 aromatic carbocycles. The van der Waals surface area contributed by atoms with Gasteiger partial charge >= 0.3 is 12.0 Å². The van der Waals surface area contributed by atoms with Gasteiger partial charge in [0.25, 0.3) is 0 Å². The summed E-state index contributed by atoms with van der Waals surface area (Å²) in [5.74, 6) is -3.51. The lowest BCUT2D eigenvalue weighted by molar-refractivity contribution is -0.137. The number of nitrogens with zero attached hydrogens (tertiary/aromatic N) is 1. The van der Waals surface area contributed by atoms with E-state index in [9.17, 15) is 18.4 Å². The molecule has 0 aliphatic heterocycles. The van der Waals surface area contributed by atoms with Crippen molar-refractivity contribution in [2.45, 2.75) is 31.6 Å². The minimum absolute atomic E-state index is 0.0235. The Labute approximate surface area is 104 Å². The summed E-state index contributed by atoms with van der Waals surface area (Å²) in [5.41, 5.74) is 0. The number of alkyl halides is 2. The van der Waals surface area contributed by atoms with E-state index in [-0.39, 0.29) is 37.8 Å². The molecule has 18 heavy (non-hydrogen) atoms. The Morgan fingerprint density at radius 2 is 2.06 bits per heavy atom. The molecule has 0 radical (unpaired) electrons. The molecule has 0 atom stereocenters. The Hall–Kier alpha value is -1.40. The van der Waals surface area contributed by atoms with E-state index in [1.807, 2.05) is 0 Å². The summed E-state index contributed by atoms with van der Waals surface area (Å²) in [6.45, 7) is 0.472. The molecule has 0 aromatic rings. The highest BCUT2D eigenvalue weighted by atomic mass is 19.3. The van der Waals surface area contributed by atoms with Gasteiger partial charge in [0.05, 0.1) is 6.42 Å². The van der Waals surface area contributed by atoms with Crippen LogP contribution in [0.4, 0.5) is 13.6 Å². The molecule has 7 heteroatoms. The molecule has 1 saturated carbocycles. The van der Waals surface area contributed by atoms with Crippen LogP contribution in [-0.4, -0.2) is 48.1 Å². The third-order valence-electron chi connectivity index (χ3n) is 3.01. The van der Waals surface area contributed by atoms with Crippen LogP contribution in [0, 0.1) is 5.92 Å². The predicted molar refractivity (Wildman–Crippen MR) is 60.6 cm³/mol. The van der Waals surface area contributed by atoms with Gasteiger partial charge in [-0.2, -0.15) is 0 Å². The number of amides is 2. The molecule has 2 amide bonds. The summed E-state index contributed by atoms with van der Waals surface area (Å²) in [6.07, 6.45) is 0.225. The average Bonchev–Trinajstić information content (AvgIpc) is 2.22. The molecular formula is C11H18F2N2O3. The number of carboxylic acid groups (broad SMARTS) is 1. The number of carbonyl (C=O) groups is 2. The van der Waals surface area contributed by atoms with E-state index in [4.69, 9.17) is 5.11 Å². The number of carbonyl (C=O) groups excluding carboxylic acids is 1. The number of halogens is 2. The highest BCUT2D eigenvalue weighted by Crippen LogP contribution is 2.43. The molecule has 0 heterocycles. The summed E-state index contributed by atoms with van der Waals surface area (Å²) in [6, 6.07) is -0.373. The molecule has 1 fully saturated rings. The van der Waals surface area contributed by atoms with Gasteiger partial charge in [-0.15, -0.1) is 0 Å². The minimum atomic E-state index is -2.52. The van der Waals surface area contributed by atoms with Crippen LogP contribution < -0.4 is 5.32 Å². The van der Waals surface area contributed by atoms with Crippen LogP contribution in [0.3, 0.4) is 0 Å². The van der Waals surface area contributed by atoms with Crippen LogP contribution >= 0.6 is 0 Å². The van der Waals surface area contributed by atoms with Crippen LogP contribution in [0.5, 0.6) is 0 Å². The minimum Gasteiger partial charge on any atom is -0.481 e. The molecule has 5 nitrogen and oxygen atoms in total. The summed E-state index contributed by atoms with van der Waals surface area (Å²) >= 11 is 0. The topological polar surface area (TPSA) is 69.6 Å². The van der Waals surface area contributed by atoms with E-state index in [0.29, 0.717) is 13.0 Å². The van der Waals surface area contributed by atoms with Crippen molar-refractivity contribution in [2.24, 2.45) is 5.92 Å². The van der Waals surface area contributed by atoms with E-state index in [1.54, 1.807) is 0 Å². The number of hydrogen-bond acceptors (Lipinski definition) is 2.